The molecule has 1 N–H and O–H groups in total. The van der Waals surface area contributed by atoms with Gasteiger partial charge in [-0.2, -0.15) is 8.42 Å². The lowest BCUT2D eigenvalue weighted by atomic mass is 10.0. The van der Waals surface area contributed by atoms with Crippen molar-refractivity contribution in [1.82, 2.24) is 0 Å². The van der Waals surface area contributed by atoms with Gasteiger partial charge in [-0.25, -0.2) is 0 Å². The molecule has 0 saturated carbocycles. The van der Waals surface area contributed by atoms with Crippen LogP contribution in [0.3, 0.4) is 0 Å². The molecule has 0 aliphatic rings. The van der Waals surface area contributed by atoms with E-state index in [-0.39, 0.29) is 0 Å². The fourth-order valence-corrected chi connectivity index (χ4v) is 2.16. The summed E-state index contributed by atoms with van der Waals surface area (Å²) in [5, 5.41) is -0.776. The first kappa shape index (κ1) is 19.8. The summed E-state index contributed by atoms with van der Waals surface area (Å²) in [7, 11) is -3.94. The van der Waals surface area contributed by atoms with Crippen molar-refractivity contribution in [2.45, 2.75) is 58.1 Å². The average Bonchev–Trinajstić information content (AvgIpc) is 2.39. The fraction of sp³-hybridized carbons (Fsp3) is 1.00. The van der Waals surface area contributed by atoms with Crippen molar-refractivity contribution < 1.29 is 22.4 Å². The second kappa shape index (κ2) is 11.5. The maximum absolute atomic E-state index is 10.8. The van der Waals surface area contributed by atoms with Crippen molar-refractivity contribution >= 4 is 10.1 Å². The molecule has 2 atom stereocenters. The van der Waals surface area contributed by atoms with Gasteiger partial charge in [0, 0.05) is 13.2 Å². The van der Waals surface area contributed by atoms with Gasteiger partial charge >= 0.3 is 0 Å². The molecule has 2 unspecified atom stereocenters. The highest BCUT2D eigenvalue weighted by Crippen LogP contribution is 2.12. The van der Waals surface area contributed by atoms with E-state index in [1.165, 1.54) is 26.2 Å². The van der Waals surface area contributed by atoms with E-state index < -0.39 is 15.4 Å². The minimum absolute atomic E-state index is 0.299. The van der Waals surface area contributed by atoms with E-state index in [0.717, 1.165) is 13.0 Å². The zero-order chi connectivity index (χ0) is 15.4. The summed E-state index contributed by atoms with van der Waals surface area (Å²) >= 11 is 0. The van der Waals surface area contributed by atoms with Crippen LogP contribution in [0.1, 0.15) is 52.9 Å². The van der Waals surface area contributed by atoms with Gasteiger partial charge in [0.1, 0.15) is 0 Å². The highest BCUT2D eigenvalue weighted by Gasteiger charge is 2.16. The summed E-state index contributed by atoms with van der Waals surface area (Å²) in [4.78, 5) is 0. The molecule has 122 valence electrons. The normalized spacial score (nSPS) is 15.2. The Morgan fingerprint density at radius 1 is 1.05 bits per heavy atom. The first-order valence-corrected chi connectivity index (χ1v) is 9.03. The van der Waals surface area contributed by atoms with Crippen molar-refractivity contribution in [2.24, 2.45) is 5.92 Å². The number of rotatable bonds is 13. The minimum atomic E-state index is -3.94. The van der Waals surface area contributed by atoms with Crippen LogP contribution in [0.15, 0.2) is 0 Å². The van der Waals surface area contributed by atoms with Gasteiger partial charge < -0.3 is 9.47 Å². The predicted molar refractivity (Wildman–Crippen MR) is 80.6 cm³/mol. The zero-order valence-electron chi connectivity index (χ0n) is 13.0. The monoisotopic (exact) mass is 310 g/mol. The second-order valence-corrected chi connectivity index (χ2v) is 7.05. The summed E-state index contributed by atoms with van der Waals surface area (Å²) in [5.74, 6) is 0.620. The summed E-state index contributed by atoms with van der Waals surface area (Å²) in [5.41, 5.74) is 0. The van der Waals surface area contributed by atoms with Crippen molar-refractivity contribution in [3.63, 3.8) is 0 Å². The number of hydrogen-bond acceptors (Lipinski definition) is 4. The molecule has 0 heterocycles. The van der Waals surface area contributed by atoms with Gasteiger partial charge in [-0.1, -0.05) is 33.1 Å². The summed E-state index contributed by atoms with van der Waals surface area (Å²) in [6.45, 7) is 7.91. The minimum Gasteiger partial charge on any atom is -0.379 e. The molecule has 6 heteroatoms. The van der Waals surface area contributed by atoms with E-state index in [1.54, 1.807) is 0 Å². The first-order valence-electron chi connectivity index (χ1n) is 7.53. The highest BCUT2D eigenvalue weighted by atomic mass is 32.2. The van der Waals surface area contributed by atoms with E-state index in [9.17, 15) is 8.42 Å². The van der Waals surface area contributed by atoms with Crippen LogP contribution in [0, 0.1) is 5.92 Å². The van der Waals surface area contributed by atoms with Gasteiger partial charge in [-0.05, 0) is 25.7 Å². The average molecular weight is 310 g/mol. The van der Waals surface area contributed by atoms with Crippen LogP contribution in [-0.2, 0) is 19.6 Å². The van der Waals surface area contributed by atoms with E-state index in [2.05, 4.69) is 13.8 Å². The van der Waals surface area contributed by atoms with Gasteiger partial charge in [-0.15, -0.1) is 0 Å². The lowest BCUT2D eigenvalue weighted by Crippen LogP contribution is -2.19. The van der Waals surface area contributed by atoms with Crippen molar-refractivity contribution in [2.75, 3.05) is 26.4 Å². The molecule has 0 aromatic carbocycles. The van der Waals surface area contributed by atoms with Gasteiger partial charge in [0.15, 0.2) is 0 Å². The van der Waals surface area contributed by atoms with Gasteiger partial charge in [0.05, 0.1) is 18.5 Å². The Balaban J connectivity index is 3.48. The van der Waals surface area contributed by atoms with Crippen LogP contribution < -0.4 is 0 Å². The van der Waals surface area contributed by atoms with Crippen LogP contribution in [0.5, 0.6) is 0 Å². The van der Waals surface area contributed by atoms with Crippen LogP contribution in [0.25, 0.3) is 0 Å². The topological polar surface area (TPSA) is 72.8 Å². The number of hydrogen-bond donors (Lipinski definition) is 1. The summed E-state index contributed by atoms with van der Waals surface area (Å²) in [6.07, 6.45) is 5.09. The molecule has 0 bridgehead atoms. The van der Waals surface area contributed by atoms with Crippen molar-refractivity contribution in [1.29, 1.82) is 0 Å². The lowest BCUT2D eigenvalue weighted by Gasteiger charge is -2.14. The quantitative estimate of drug-likeness (QED) is 0.418. The molecule has 20 heavy (non-hydrogen) atoms. The maximum atomic E-state index is 10.8. The Morgan fingerprint density at radius 3 is 2.25 bits per heavy atom. The SMILES string of the molecule is CCCCC(CC)COCCOCCC(C)S(=O)(=O)O. The third-order valence-corrected chi connectivity index (χ3v) is 4.70. The predicted octanol–water partition coefficient (Wildman–Crippen LogP) is 2.90. The van der Waals surface area contributed by atoms with Crippen LogP contribution in [0.4, 0.5) is 0 Å². The third kappa shape index (κ3) is 10.6. The molecule has 0 rings (SSSR count). The molecule has 0 aromatic heterocycles. The Labute approximate surface area is 123 Å². The third-order valence-electron chi connectivity index (χ3n) is 3.45. The van der Waals surface area contributed by atoms with Gasteiger partial charge in [0.2, 0.25) is 0 Å². The highest BCUT2D eigenvalue weighted by molar-refractivity contribution is 7.86. The molecule has 5 nitrogen and oxygen atoms in total. The molecular formula is C14H30O5S. The molecule has 0 radical (unpaired) electrons. The van der Waals surface area contributed by atoms with E-state index in [1.807, 2.05) is 0 Å². The Bertz CT molecular complexity index is 316. The van der Waals surface area contributed by atoms with Crippen molar-refractivity contribution in [3.8, 4) is 0 Å². The molecule has 0 aliphatic heterocycles. The van der Waals surface area contributed by atoms with Crippen molar-refractivity contribution in [3.05, 3.63) is 0 Å². The molecule has 0 spiro atoms. The summed E-state index contributed by atoms with van der Waals surface area (Å²) < 4.78 is 41.2. The maximum Gasteiger partial charge on any atom is 0.267 e. The van der Waals surface area contributed by atoms with E-state index in [4.69, 9.17) is 14.0 Å². The molecule has 0 aliphatic carbocycles. The van der Waals surface area contributed by atoms with E-state index in [0.29, 0.717) is 32.2 Å². The molecule has 0 aromatic rings. The summed E-state index contributed by atoms with van der Waals surface area (Å²) in [6, 6.07) is 0. The first-order chi connectivity index (χ1) is 9.41. The van der Waals surface area contributed by atoms with Crippen LogP contribution >= 0.6 is 0 Å². The largest absolute Gasteiger partial charge is 0.379 e. The molecule has 0 saturated heterocycles. The van der Waals surface area contributed by atoms with E-state index >= 15 is 0 Å². The Kier molecular flexibility index (Phi) is 11.4. The van der Waals surface area contributed by atoms with Gasteiger partial charge in [-0.3, -0.25) is 4.55 Å². The fourth-order valence-electron chi connectivity index (χ4n) is 1.77. The molecular weight excluding hydrogens is 280 g/mol. The number of ether oxygens (including phenoxy) is 2. The van der Waals surface area contributed by atoms with Crippen LogP contribution in [0.2, 0.25) is 0 Å². The standard InChI is InChI=1S/C14H30O5S/c1-4-6-7-14(5-2)12-19-11-10-18-9-8-13(3)20(15,16)17/h13-14H,4-12H2,1-3H3,(H,15,16,17). The molecule has 0 fully saturated rings. The Hall–Kier alpha value is -0.170. The molecule has 0 amide bonds. The van der Waals surface area contributed by atoms with Gasteiger partial charge in [0.25, 0.3) is 10.1 Å². The lowest BCUT2D eigenvalue weighted by molar-refractivity contribution is 0.0305. The second-order valence-electron chi connectivity index (χ2n) is 5.22. The smallest absolute Gasteiger partial charge is 0.267 e. The number of unbranched alkanes of at least 4 members (excludes halogenated alkanes) is 1. The van der Waals surface area contributed by atoms with Crippen LogP contribution in [-0.4, -0.2) is 44.6 Å². The Morgan fingerprint density at radius 2 is 1.70 bits per heavy atom. The zero-order valence-corrected chi connectivity index (χ0v) is 13.8.